The molecule has 2 amide bonds. The highest BCUT2D eigenvalue weighted by Crippen LogP contribution is 2.25. The van der Waals surface area contributed by atoms with Gasteiger partial charge in [-0.25, -0.2) is 9.97 Å². The van der Waals surface area contributed by atoms with Gasteiger partial charge in [0.25, 0.3) is 5.91 Å². The molecule has 32 heavy (non-hydrogen) atoms. The Hall–Kier alpha value is -4.20. The maximum atomic E-state index is 12.3. The lowest BCUT2D eigenvalue weighted by Gasteiger charge is -2.16. The molecule has 1 fully saturated rings. The third-order valence-electron chi connectivity index (χ3n) is 5.30. The van der Waals surface area contributed by atoms with E-state index >= 15 is 0 Å². The first-order chi connectivity index (χ1) is 15.7. The molecule has 1 aliphatic heterocycles. The lowest BCUT2D eigenvalue weighted by atomic mass is 10.3. The number of rotatable bonds is 6. The molecule has 4 aromatic rings. The lowest BCUT2D eigenvalue weighted by molar-refractivity contribution is -0.118. The van der Waals surface area contributed by atoms with Crippen LogP contribution in [0.3, 0.4) is 0 Å². The van der Waals surface area contributed by atoms with Crippen molar-refractivity contribution in [2.45, 2.75) is 12.8 Å². The molecule has 2 aromatic heterocycles. The van der Waals surface area contributed by atoms with Gasteiger partial charge in [-0.1, -0.05) is 18.2 Å². The van der Waals surface area contributed by atoms with Crippen molar-refractivity contribution in [2.24, 2.45) is 0 Å². The number of nitrogens with zero attached hydrogens (tertiary/aromatic N) is 4. The summed E-state index contributed by atoms with van der Waals surface area (Å²) in [4.78, 5) is 34.8. The topological polar surface area (TPSA) is 89.4 Å². The van der Waals surface area contributed by atoms with Crippen LogP contribution in [0.5, 0.6) is 5.75 Å². The summed E-state index contributed by atoms with van der Waals surface area (Å²) in [5, 5.41) is 2.78. The number of imidazole rings is 1. The number of fused-ring (bicyclic) bond motifs is 1. The number of nitrogens with one attached hydrogen (secondary N) is 1. The summed E-state index contributed by atoms with van der Waals surface area (Å²) in [5.41, 5.74) is 3.21. The van der Waals surface area contributed by atoms with Crippen LogP contribution in [0, 0.1) is 0 Å². The van der Waals surface area contributed by atoms with Crippen molar-refractivity contribution in [3.05, 3.63) is 73.2 Å². The van der Waals surface area contributed by atoms with Crippen LogP contribution in [0.15, 0.2) is 73.2 Å². The Balaban J connectivity index is 1.20. The number of aromatic nitrogens is 3. The lowest BCUT2D eigenvalue weighted by Crippen LogP contribution is -2.24. The molecule has 0 atom stereocenters. The highest BCUT2D eigenvalue weighted by molar-refractivity contribution is 5.95. The van der Waals surface area contributed by atoms with Gasteiger partial charge in [-0.05, 0) is 42.8 Å². The molecule has 3 heterocycles. The monoisotopic (exact) mass is 427 g/mol. The highest BCUT2D eigenvalue weighted by Gasteiger charge is 2.21. The predicted molar refractivity (Wildman–Crippen MR) is 121 cm³/mol. The second-order valence-electron chi connectivity index (χ2n) is 7.49. The Kier molecular flexibility index (Phi) is 5.25. The summed E-state index contributed by atoms with van der Waals surface area (Å²) in [6.07, 6.45) is 4.75. The molecule has 8 heteroatoms. The standard InChI is InChI=1S/C24H21N5O3/c30-23(15-32-19-6-3-5-18(13-19)28-12-4-9-24(28)31)27-17-10-11-22(25-14-17)29-16-26-20-7-1-2-8-21(20)29/h1-3,5-8,10-11,13-14,16H,4,9,12,15H2,(H,27,30). The Morgan fingerprint density at radius 1 is 1.06 bits per heavy atom. The number of hydrogen-bond donors (Lipinski definition) is 1. The van der Waals surface area contributed by atoms with Gasteiger partial charge < -0.3 is 15.0 Å². The van der Waals surface area contributed by atoms with Crippen molar-refractivity contribution in [3.63, 3.8) is 0 Å². The molecule has 1 N–H and O–H groups in total. The number of carbonyl (C=O) groups is 2. The van der Waals surface area contributed by atoms with Crippen LogP contribution in [0.25, 0.3) is 16.9 Å². The van der Waals surface area contributed by atoms with E-state index in [0.29, 0.717) is 30.2 Å². The average Bonchev–Trinajstić information content (AvgIpc) is 3.45. The summed E-state index contributed by atoms with van der Waals surface area (Å²) in [5.74, 6) is 1.06. The molecule has 0 saturated carbocycles. The highest BCUT2D eigenvalue weighted by atomic mass is 16.5. The minimum absolute atomic E-state index is 0.111. The van der Waals surface area contributed by atoms with Gasteiger partial charge in [-0.15, -0.1) is 0 Å². The molecule has 0 spiro atoms. The van der Waals surface area contributed by atoms with Crippen molar-refractivity contribution in [2.75, 3.05) is 23.4 Å². The molecule has 0 unspecified atom stereocenters. The average molecular weight is 427 g/mol. The zero-order valence-electron chi connectivity index (χ0n) is 17.3. The second-order valence-corrected chi connectivity index (χ2v) is 7.49. The normalized spacial score (nSPS) is 13.5. The molecule has 0 radical (unpaired) electrons. The van der Waals surface area contributed by atoms with Crippen molar-refractivity contribution in [1.29, 1.82) is 0 Å². The number of hydrogen-bond acceptors (Lipinski definition) is 5. The van der Waals surface area contributed by atoms with Crippen molar-refractivity contribution >= 4 is 34.2 Å². The van der Waals surface area contributed by atoms with Crippen LogP contribution >= 0.6 is 0 Å². The van der Waals surface area contributed by atoms with E-state index in [-0.39, 0.29) is 18.4 Å². The number of para-hydroxylation sites is 2. The molecule has 2 aromatic carbocycles. The minimum Gasteiger partial charge on any atom is -0.484 e. The first-order valence-electron chi connectivity index (χ1n) is 10.4. The fraction of sp³-hybridized carbons (Fsp3) is 0.167. The Bertz CT molecular complexity index is 1280. The number of carbonyl (C=O) groups excluding carboxylic acids is 2. The summed E-state index contributed by atoms with van der Waals surface area (Å²) < 4.78 is 7.51. The largest absolute Gasteiger partial charge is 0.484 e. The van der Waals surface area contributed by atoms with E-state index in [4.69, 9.17) is 4.74 Å². The molecule has 0 aliphatic carbocycles. The quantitative estimate of drug-likeness (QED) is 0.508. The van der Waals surface area contributed by atoms with Gasteiger partial charge in [0.05, 0.1) is 22.9 Å². The predicted octanol–water partition coefficient (Wildman–Crippen LogP) is 3.56. The number of benzene rings is 2. The Morgan fingerprint density at radius 2 is 1.97 bits per heavy atom. The molecule has 0 bridgehead atoms. The zero-order valence-corrected chi connectivity index (χ0v) is 17.3. The zero-order chi connectivity index (χ0) is 21.9. The van der Waals surface area contributed by atoms with E-state index in [1.165, 1.54) is 0 Å². The number of anilines is 2. The van der Waals surface area contributed by atoms with Gasteiger partial charge in [0.2, 0.25) is 5.91 Å². The van der Waals surface area contributed by atoms with Crippen LogP contribution in [-0.2, 0) is 9.59 Å². The molecular formula is C24H21N5O3. The maximum Gasteiger partial charge on any atom is 0.262 e. The van der Waals surface area contributed by atoms with E-state index in [0.717, 1.165) is 23.1 Å². The first-order valence-corrected chi connectivity index (χ1v) is 10.4. The fourth-order valence-corrected chi connectivity index (χ4v) is 3.75. The molecular weight excluding hydrogens is 406 g/mol. The molecule has 5 rings (SSSR count). The van der Waals surface area contributed by atoms with Gasteiger partial charge in [0.1, 0.15) is 17.9 Å². The summed E-state index contributed by atoms with van der Waals surface area (Å²) in [7, 11) is 0. The van der Waals surface area contributed by atoms with Crippen LogP contribution in [-0.4, -0.2) is 39.5 Å². The second kappa shape index (κ2) is 8.50. The van der Waals surface area contributed by atoms with Crippen LogP contribution in [0.1, 0.15) is 12.8 Å². The SMILES string of the molecule is O=C(COc1cccc(N2CCCC2=O)c1)Nc1ccc(-n2cnc3ccccc32)nc1. The van der Waals surface area contributed by atoms with Gasteiger partial charge in [0, 0.05) is 24.7 Å². The number of amides is 2. The van der Waals surface area contributed by atoms with E-state index in [1.54, 1.807) is 35.6 Å². The van der Waals surface area contributed by atoms with Gasteiger partial charge in [0.15, 0.2) is 6.61 Å². The fourth-order valence-electron chi connectivity index (χ4n) is 3.75. The third kappa shape index (κ3) is 4.02. The van der Waals surface area contributed by atoms with E-state index in [1.807, 2.05) is 47.0 Å². The smallest absolute Gasteiger partial charge is 0.262 e. The Morgan fingerprint density at radius 3 is 2.78 bits per heavy atom. The van der Waals surface area contributed by atoms with E-state index < -0.39 is 0 Å². The van der Waals surface area contributed by atoms with Crippen LogP contribution in [0.2, 0.25) is 0 Å². The molecule has 160 valence electrons. The van der Waals surface area contributed by atoms with Crippen LogP contribution in [0.4, 0.5) is 11.4 Å². The van der Waals surface area contributed by atoms with Gasteiger partial charge >= 0.3 is 0 Å². The van der Waals surface area contributed by atoms with Crippen LogP contribution < -0.4 is 15.0 Å². The van der Waals surface area contributed by atoms with E-state index in [9.17, 15) is 9.59 Å². The molecule has 8 nitrogen and oxygen atoms in total. The van der Waals surface area contributed by atoms with Crippen molar-refractivity contribution < 1.29 is 14.3 Å². The third-order valence-corrected chi connectivity index (χ3v) is 5.30. The van der Waals surface area contributed by atoms with E-state index in [2.05, 4.69) is 15.3 Å². The van der Waals surface area contributed by atoms with Crippen molar-refractivity contribution in [3.8, 4) is 11.6 Å². The number of ether oxygens (including phenoxy) is 1. The summed E-state index contributed by atoms with van der Waals surface area (Å²) in [6.45, 7) is 0.561. The summed E-state index contributed by atoms with van der Waals surface area (Å²) >= 11 is 0. The maximum absolute atomic E-state index is 12.3. The van der Waals surface area contributed by atoms with Gasteiger partial charge in [-0.2, -0.15) is 0 Å². The molecule has 1 saturated heterocycles. The van der Waals surface area contributed by atoms with Gasteiger partial charge in [-0.3, -0.25) is 14.2 Å². The number of pyridine rings is 1. The van der Waals surface area contributed by atoms with Crippen molar-refractivity contribution in [1.82, 2.24) is 14.5 Å². The molecule has 1 aliphatic rings. The minimum atomic E-state index is -0.296. The first kappa shape index (κ1) is 19.7. The Labute approximate surface area is 184 Å². The summed E-state index contributed by atoms with van der Waals surface area (Å²) in [6, 6.07) is 18.7.